The van der Waals surface area contributed by atoms with Crippen molar-refractivity contribution >= 4 is 12.0 Å². The average molecular weight is 382 g/mol. The summed E-state index contributed by atoms with van der Waals surface area (Å²) in [7, 11) is 2.85. The molecule has 1 aliphatic rings. The SMILES string of the molecule is COC(=O)/C=C/c1ccc2c(c1OC)OCCOCCOCCOCCO2. The van der Waals surface area contributed by atoms with Gasteiger partial charge in [0, 0.05) is 11.6 Å². The van der Waals surface area contributed by atoms with Gasteiger partial charge in [-0.05, 0) is 18.2 Å². The molecule has 1 aromatic rings. The third-order valence-corrected chi connectivity index (χ3v) is 3.61. The number of fused-ring (bicyclic) bond motifs is 1. The highest BCUT2D eigenvalue weighted by Crippen LogP contribution is 2.40. The molecule has 0 amide bonds. The molecule has 0 atom stereocenters. The van der Waals surface area contributed by atoms with Crippen molar-refractivity contribution in [1.29, 1.82) is 0 Å². The van der Waals surface area contributed by atoms with Crippen LogP contribution in [-0.4, -0.2) is 73.0 Å². The predicted molar refractivity (Wildman–Crippen MR) is 97.5 cm³/mol. The van der Waals surface area contributed by atoms with E-state index in [0.29, 0.717) is 75.7 Å². The van der Waals surface area contributed by atoms with Crippen molar-refractivity contribution in [3.8, 4) is 17.2 Å². The van der Waals surface area contributed by atoms with Crippen molar-refractivity contribution < 1.29 is 38.0 Å². The zero-order chi connectivity index (χ0) is 19.3. The molecule has 0 aliphatic carbocycles. The van der Waals surface area contributed by atoms with Gasteiger partial charge in [0.15, 0.2) is 11.5 Å². The van der Waals surface area contributed by atoms with Crippen molar-refractivity contribution in [2.45, 2.75) is 0 Å². The molecule has 0 saturated carbocycles. The molecule has 0 fully saturated rings. The van der Waals surface area contributed by atoms with Gasteiger partial charge in [0.25, 0.3) is 0 Å². The highest BCUT2D eigenvalue weighted by molar-refractivity contribution is 5.88. The Morgan fingerprint density at radius 1 is 0.889 bits per heavy atom. The van der Waals surface area contributed by atoms with Crippen LogP contribution in [0.2, 0.25) is 0 Å². The Morgan fingerprint density at radius 2 is 1.48 bits per heavy atom. The van der Waals surface area contributed by atoms with Crippen molar-refractivity contribution in [3.05, 3.63) is 23.8 Å². The van der Waals surface area contributed by atoms with Crippen molar-refractivity contribution in [2.75, 3.05) is 67.1 Å². The highest BCUT2D eigenvalue weighted by atomic mass is 16.6. The number of ether oxygens (including phenoxy) is 7. The fraction of sp³-hybridized carbons (Fsp3) is 0.526. The van der Waals surface area contributed by atoms with Crippen LogP contribution < -0.4 is 14.2 Å². The lowest BCUT2D eigenvalue weighted by Crippen LogP contribution is -2.13. The number of esters is 1. The second-order valence-corrected chi connectivity index (χ2v) is 5.41. The van der Waals surface area contributed by atoms with Gasteiger partial charge < -0.3 is 33.2 Å². The zero-order valence-electron chi connectivity index (χ0n) is 15.7. The van der Waals surface area contributed by atoms with E-state index in [1.165, 1.54) is 20.3 Å². The van der Waals surface area contributed by atoms with E-state index in [-0.39, 0.29) is 0 Å². The Balaban J connectivity index is 2.20. The number of rotatable bonds is 3. The molecule has 1 heterocycles. The number of benzene rings is 1. The first kappa shape index (κ1) is 21.0. The van der Waals surface area contributed by atoms with Crippen molar-refractivity contribution in [1.82, 2.24) is 0 Å². The van der Waals surface area contributed by atoms with Gasteiger partial charge in [0.05, 0.1) is 53.9 Å². The molecular weight excluding hydrogens is 356 g/mol. The van der Waals surface area contributed by atoms with Gasteiger partial charge in [0.2, 0.25) is 5.75 Å². The molecule has 27 heavy (non-hydrogen) atoms. The minimum absolute atomic E-state index is 0.313. The topological polar surface area (TPSA) is 81.7 Å². The number of hydrogen-bond acceptors (Lipinski definition) is 8. The van der Waals surface area contributed by atoms with Crippen LogP contribution in [0.15, 0.2) is 18.2 Å². The predicted octanol–water partition coefficient (Wildman–Crippen LogP) is 1.70. The largest absolute Gasteiger partial charge is 0.492 e. The fourth-order valence-electron chi connectivity index (χ4n) is 2.33. The maximum absolute atomic E-state index is 11.4. The molecule has 1 aliphatic heterocycles. The van der Waals surface area contributed by atoms with Crippen LogP contribution in [0.4, 0.5) is 0 Å². The van der Waals surface area contributed by atoms with Crippen LogP contribution in [0.1, 0.15) is 5.56 Å². The standard InChI is InChI=1S/C19H26O8/c1-21-17(20)6-4-15-3-5-16-19(18(15)22-2)27-14-12-25-10-8-23-7-9-24-11-13-26-16/h3-6H,7-14H2,1-2H3/b6-4+. The van der Waals surface area contributed by atoms with Gasteiger partial charge in [-0.2, -0.15) is 0 Å². The first-order chi connectivity index (χ1) is 13.3. The summed E-state index contributed by atoms with van der Waals surface area (Å²) in [5.41, 5.74) is 0.661. The van der Waals surface area contributed by atoms with Crippen LogP contribution in [0.5, 0.6) is 17.2 Å². The highest BCUT2D eigenvalue weighted by Gasteiger charge is 2.16. The van der Waals surface area contributed by atoms with Gasteiger partial charge in [-0.1, -0.05) is 0 Å². The van der Waals surface area contributed by atoms with Gasteiger partial charge in [0.1, 0.15) is 13.2 Å². The molecule has 0 spiro atoms. The van der Waals surface area contributed by atoms with E-state index in [2.05, 4.69) is 4.74 Å². The molecule has 1 aromatic carbocycles. The van der Waals surface area contributed by atoms with E-state index >= 15 is 0 Å². The van der Waals surface area contributed by atoms with Gasteiger partial charge >= 0.3 is 5.97 Å². The van der Waals surface area contributed by atoms with Crippen LogP contribution in [0.25, 0.3) is 6.08 Å². The number of hydrogen-bond donors (Lipinski definition) is 0. The number of methoxy groups -OCH3 is 2. The quantitative estimate of drug-likeness (QED) is 0.577. The van der Waals surface area contributed by atoms with E-state index in [1.54, 1.807) is 18.2 Å². The molecule has 0 unspecified atom stereocenters. The molecule has 8 heteroatoms. The zero-order valence-corrected chi connectivity index (χ0v) is 15.7. The molecule has 0 radical (unpaired) electrons. The number of carbonyl (C=O) groups is 1. The third-order valence-electron chi connectivity index (χ3n) is 3.61. The minimum Gasteiger partial charge on any atom is -0.492 e. The monoisotopic (exact) mass is 382 g/mol. The second-order valence-electron chi connectivity index (χ2n) is 5.41. The van der Waals surface area contributed by atoms with E-state index in [9.17, 15) is 4.79 Å². The smallest absolute Gasteiger partial charge is 0.330 e. The van der Waals surface area contributed by atoms with Gasteiger partial charge in [-0.3, -0.25) is 0 Å². The molecule has 0 bridgehead atoms. The summed E-state index contributed by atoms with van der Waals surface area (Å²) in [5.74, 6) is 0.968. The van der Waals surface area contributed by atoms with Crippen molar-refractivity contribution in [2.24, 2.45) is 0 Å². The minimum atomic E-state index is -0.460. The lowest BCUT2D eigenvalue weighted by molar-refractivity contribution is -0.134. The summed E-state index contributed by atoms with van der Waals surface area (Å²) in [5, 5.41) is 0. The van der Waals surface area contributed by atoms with Crippen LogP contribution in [0, 0.1) is 0 Å². The van der Waals surface area contributed by atoms with Gasteiger partial charge in [-0.25, -0.2) is 4.79 Å². The first-order valence-electron chi connectivity index (χ1n) is 8.72. The normalized spacial score (nSPS) is 17.0. The first-order valence-corrected chi connectivity index (χ1v) is 8.72. The van der Waals surface area contributed by atoms with Crippen LogP contribution in [0.3, 0.4) is 0 Å². The van der Waals surface area contributed by atoms with Crippen LogP contribution in [-0.2, 0) is 23.7 Å². The molecular formula is C19H26O8. The van der Waals surface area contributed by atoms with E-state index in [0.717, 1.165) is 0 Å². The van der Waals surface area contributed by atoms with Crippen LogP contribution >= 0.6 is 0 Å². The van der Waals surface area contributed by atoms with Gasteiger partial charge in [-0.15, -0.1) is 0 Å². The summed E-state index contributed by atoms with van der Waals surface area (Å²) >= 11 is 0. The fourth-order valence-corrected chi connectivity index (χ4v) is 2.33. The van der Waals surface area contributed by atoms with E-state index in [1.807, 2.05) is 0 Å². The summed E-state index contributed by atoms with van der Waals surface area (Å²) in [4.78, 5) is 11.4. The molecule has 2 rings (SSSR count). The Morgan fingerprint density at radius 3 is 2.07 bits per heavy atom. The summed E-state index contributed by atoms with van der Waals surface area (Å²) in [6, 6.07) is 3.54. The summed E-state index contributed by atoms with van der Waals surface area (Å²) in [6.07, 6.45) is 2.91. The van der Waals surface area contributed by atoms with E-state index in [4.69, 9.17) is 28.4 Å². The Bertz CT molecular complexity index is 614. The maximum atomic E-state index is 11.4. The Hall–Kier alpha value is -2.29. The van der Waals surface area contributed by atoms with E-state index < -0.39 is 5.97 Å². The summed E-state index contributed by atoms with van der Waals surface area (Å²) < 4.78 is 38.1. The Labute approximate surface area is 158 Å². The molecule has 0 N–H and O–H groups in total. The Kier molecular flexibility index (Phi) is 9.47. The molecule has 0 saturated heterocycles. The molecule has 8 nitrogen and oxygen atoms in total. The second kappa shape index (κ2) is 12.2. The molecule has 150 valence electrons. The average Bonchev–Trinajstić information content (AvgIpc) is 2.70. The van der Waals surface area contributed by atoms with Crippen molar-refractivity contribution in [3.63, 3.8) is 0 Å². The lowest BCUT2D eigenvalue weighted by atomic mass is 10.1. The molecule has 0 aromatic heterocycles. The number of carbonyl (C=O) groups excluding carboxylic acids is 1. The maximum Gasteiger partial charge on any atom is 0.330 e. The lowest BCUT2D eigenvalue weighted by Gasteiger charge is -2.17. The third kappa shape index (κ3) is 7.09. The summed E-state index contributed by atoms with van der Waals surface area (Å²) in [6.45, 7) is 3.47.